The normalized spacial score (nSPS) is 34.6. The molecule has 0 saturated heterocycles. The fourth-order valence-corrected chi connectivity index (χ4v) is 2.67. The van der Waals surface area contributed by atoms with Crippen molar-refractivity contribution in [3.63, 3.8) is 0 Å². The molecular formula is C13H16O5. The molecule has 4 atom stereocenters. The van der Waals surface area contributed by atoms with E-state index in [1.165, 1.54) is 0 Å². The van der Waals surface area contributed by atoms with E-state index in [0.29, 0.717) is 24.3 Å². The van der Waals surface area contributed by atoms with Crippen molar-refractivity contribution >= 4 is 0 Å². The number of ether oxygens (including phenoxy) is 2. The Balaban J connectivity index is 1.86. The first-order valence-electron chi connectivity index (χ1n) is 6.10. The molecule has 1 heterocycles. The molecule has 0 bridgehead atoms. The highest BCUT2D eigenvalue weighted by atomic mass is 16.7. The summed E-state index contributed by atoms with van der Waals surface area (Å²) in [6.07, 6.45) is -1.76. The SMILES string of the molecule is O[C@H]1[C@H](O)[C@H](c2ccc3c(c2)OCO3)CC[C@@H]1O. The van der Waals surface area contributed by atoms with Crippen LogP contribution < -0.4 is 9.47 Å². The van der Waals surface area contributed by atoms with Crippen LogP contribution in [0.5, 0.6) is 11.5 Å². The predicted molar refractivity (Wildman–Crippen MR) is 62.6 cm³/mol. The van der Waals surface area contributed by atoms with Gasteiger partial charge in [0.05, 0.1) is 12.2 Å². The van der Waals surface area contributed by atoms with Gasteiger partial charge in [0.2, 0.25) is 6.79 Å². The Morgan fingerprint density at radius 2 is 1.72 bits per heavy atom. The standard InChI is InChI=1S/C13H16O5/c14-9-3-2-8(12(15)13(9)16)7-1-4-10-11(5-7)18-6-17-10/h1,4-5,8-9,12-16H,2-3,6H2/t8-,9-,12+,13+/m0/s1. The largest absolute Gasteiger partial charge is 0.454 e. The van der Waals surface area contributed by atoms with Gasteiger partial charge in [-0.3, -0.25) is 0 Å². The summed E-state index contributed by atoms with van der Waals surface area (Å²) in [5.41, 5.74) is 0.901. The number of hydrogen-bond donors (Lipinski definition) is 3. The van der Waals surface area contributed by atoms with Gasteiger partial charge in [0, 0.05) is 5.92 Å². The van der Waals surface area contributed by atoms with E-state index in [0.717, 1.165) is 5.56 Å². The topological polar surface area (TPSA) is 79.2 Å². The molecule has 0 radical (unpaired) electrons. The lowest BCUT2D eigenvalue weighted by Gasteiger charge is -2.35. The average Bonchev–Trinajstić information content (AvgIpc) is 2.83. The van der Waals surface area contributed by atoms with E-state index < -0.39 is 18.3 Å². The van der Waals surface area contributed by atoms with Crippen molar-refractivity contribution in [3.8, 4) is 11.5 Å². The summed E-state index contributed by atoms with van der Waals surface area (Å²) in [4.78, 5) is 0. The molecule has 98 valence electrons. The summed E-state index contributed by atoms with van der Waals surface area (Å²) < 4.78 is 10.5. The maximum Gasteiger partial charge on any atom is 0.231 e. The van der Waals surface area contributed by atoms with Crippen molar-refractivity contribution < 1.29 is 24.8 Å². The second kappa shape index (κ2) is 4.42. The van der Waals surface area contributed by atoms with Gasteiger partial charge in [0.1, 0.15) is 6.10 Å². The molecular weight excluding hydrogens is 236 g/mol. The first-order chi connectivity index (χ1) is 8.66. The lowest BCUT2D eigenvalue weighted by atomic mass is 9.78. The Hall–Kier alpha value is -1.30. The summed E-state index contributed by atoms with van der Waals surface area (Å²) in [5.74, 6) is 1.18. The smallest absolute Gasteiger partial charge is 0.231 e. The van der Waals surface area contributed by atoms with Crippen molar-refractivity contribution in [1.29, 1.82) is 0 Å². The fraction of sp³-hybridized carbons (Fsp3) is 0.538. The lowest BCUT2D eigenvalue weighted by molar-refractivity contribution is -0.0941. The van der Waals surface area contributed by atoms with E-state index in [2.05, 4.69) is 0 Å². The van der Waals surface area contributed by atoms with E-state index in [4.69, 9.17) is 9.47 Å². The molecule has 1 aliphatic carbocycles. The Bertz CT molecular complexity index is 447. The molecule has 18 heavy (non-hydrogen) atoms. The zero-order valence-corrected chi connectivity index (χ0v) is 9.82. The third kappa shape index (κ3) is 1.84. The van der Waals surface area contributed by atoms with Crippen LogP contribution in [0.4, 0.5) is 0 Å². The van der Waals surface area contributed by atoms with Gasteiger partial charge >= 0.3 is 0 Å². The third-order valence-corrected chi connectivity index (χ3v) is 3.75. The summed E-state index contributed by atoms with van der Waals surface area (Å²) in [6.45, 7) is 0.216. The number of hydrogen-bond acceptors (Lipinski definition) is 5. The van der Waals surface area contributed by atoms with Crippen LogP contribution in [0, 0.1) is 0 Å². The van der Waals surface area contributed by atoms with Crippen LogP contribution in [0.25, 0.3) is 0 Å². The molecule has 1 aromatic rings. The van der Waals surface area contributed by atoms with E-state index in [-0.39, 0.29) is 12.7 Å². The van der Waals surface area contributed by atoms with Crippen molar-refractivity contribution in [1.82, 2.24) is 0 Å². The maximum atomic E-state index is 10.0. The molecule has 1 aliphatic heterocycles. The second-order valence-electron chi connectivity index (χ2n) is 4.85. The van der Waals surface area contributed by atoms with Crippen LogP contribution >= 0.6 is 0 Å². The molecule has 1 saturated carbocycles. The van der Waals surface area contributed by atoms with Crippen LogP contribution in [0.3, 0.4) is 0 Å². The minimum Gasteiger partial charge on any atom is -0.454 e. The number of benzene rings is 1. The van der Waals surface area contributed by atoms with E-state index in [9.17, 15) is 15.3 Å². The zero-order chi connectivity index (χ0) is 12.7. The van der Waals surface area contributed by atoms with Gasteiger partial charge < -0.3 is 24.8 Å². The molecule has 5 nitrogen and oxygen atoms in total. The van der Waals surface area contributed by atoms with E-state index in [1.807, 2.05) is 18.2 Å². The monoisotopic (exact) mass is 252 g/mol. The predicted octanol–water partition coefficient (Wildman–Crippen LogP) is 0.375. The van der Waals surface area contributed by atoms with Gasteiger partial charge in [0.15, 0.2) is 11.5 Å². The van der Waals surface area contributed by atoms with Gasteiger partial charge in [-0.05, 0) is 30.5 Å². The highest BCUT2D eigenvalue weighted by Gasteiger charge is 2.37. The van der Waals surface area contributed by atoms with Gasteiger partial charge in [-0.2, -0.15) is 0 Å². The minimum atomic E-state index is -1.09. The Morgan fingerprint density at radius 1 is 0.944 bits per heavy atom. The molecule has 5 heteroatoms. The molecule has 3 rings (SSSR count). The number of fused-ring (bicyclic) bond motifs is 1. The summed E-state index contributed by atoms with van der Waals surface area (Å²) in [7, 11) is 0. The highest BCUT2D eigenvalue weighted by molar-refractivity contribution is 5.45. The quantitative estimate of drug-likeness (QED) is 0.673. The lowest BCUT2D eigenvalue weighted by Crippen LogP contribution is -2.45. The Labute approximate surface area is 105 Å². The van der Waals surface area contributed by atoms with E-state index in [1.54, 1.807) is 0 Å². The maximum absolute atomic E-state index is 10.0. The molecule has 1 aromatic carbocycles. The van der Waals surface area contributed by atoms with Crippen molar-refractivity contribution in [2.45, 2.75) is 37.1 Å². The van der Waals surface area contributed by atoms with Crippen LogP contribution in [0.1, 0.15) is 24.3 Å². The molecule has 0 aromatic heterocycles. The molecule has 0 amide bonds. The van der Waals surface area contributed by atoms with Gasteiger partial charge in [-0.15, -0.1) is 0 Å². The summed E-state index contributed by atoms with van der Waals surface area (Å²) >= 11 is 0. The van der Waals surface area contributed by atoms with Gasteiger partial charge in [-0.1, -0.05) is 6.07 Å². The van der Waals surface area contributed by atoms with Crippen molar-refractivity contribution in [2.24, 2.45) is 0 Å². The molecule has 3 N–H and O–H groups in total. The van der Waals surface area contributed by atoms with E-state index >= 15 is 0 Å². The van der Waals surface area contributed by atoms with Gasteiger partial charge in [-0.25, -0.2) is 0 Å². The molecule has 1 fully saturated rings. The van der Waals surface area contributed by atoms with Crippen LogP contribution in [0.2, 0.25) is 0 Å². The number of rotatable bonds is 1. The minimum absolute atomic E-state index is 0.183. The average molecular weight is 252 g/mol. The summed E-state index contributed by atoms with van der Waals surface area (Å²) in [6, 6.07) is 5.51. The van der Waals surface area contributed by atoms with Crippen molar-refractivity contribution in [3.05, 3.63) is 23.8 Å². The van der Waals surface area contributed by atoms with Crippen LogP contribution in [-0.4, -0.2) is 40.4 Å². The molecule has 0 spiro atoms. The number of aliphatic hydroxyl groups excluding tert-OH is 3. The summed E-state index contributed by atoms with van der Waals surface area (Å²) in [5, 5.41) is 29.3. The van der Waals surface area contributed by atoms with Crippen LogP contribution in [0.15, 0.2) is 18.2 Å². The highest BCUT2D eigenvalue weighted by Crippen LogP contribution is 2.39. The first kappa shape index (κ1) is 11.8. The first-order valence-corrected chi connectivity index (χ1v) is 6.10. The molecule has 2 aliphatic rings. The van der Waals surface area contributed by atoms with Crippen molar-refractivity contribution in [2.75, 3.05) is 6.79 Å². The van der Waals surface area contributed by atoms with Crippen LogP contribution in [-0.2, 0) is 0 Å². The third-order valence-electron chi connectivity index (χ3n) is 3.75. The molecule has 0 unspecified atom stereocenters. The Kier molecular flexibility index (Phi) is 2.89. The second-order valence-corrected chi connectivity index (χ2v) is 4.85. The fourth-order valence-electron chi connectivity index (χ4n) is 2.67. The number of aliphatic hydroxyl groups is 3. The Morgan fingerprint density at radius 3 is 2.56 bits per heavy atom. The van der Waals surface area contributed by atoms with Gasteiger partial charge in [0.25, 0.3) is 0 Å². The zero-order valence-electron chi connectivity index (χ0n) is 9.82.